The number of hydrogen-bond donors (Lipinski definition) is 2. The molecule has 0 aliphatic rings. The van der Waals surface area contributed by atoms with Gasteiger partial charge in [0.25, 0.3) is 5.91 Å². The van der Waals surface area contributed by atoms with Gasteiger partial charge in [-0.25, -0.2) is 4.79 Å². The standard InChI is InChI=1S/C22H16ClF3N2O3/c23-15-9-7-14(8-10-15)21(30)31-19-17(5-2-6-18(19)22(24,25)26)20(29)28-16-4-1-3-13(11-16)12-27/h1-11H,12,27H2,(H,28,29). The number of para-hydroxylation sites is 1. The Hall–Kier alpha value is -3.36. The van der Waals surface area contributed by atoms with Crippen LogP contribution in [0.1, 0.15) is 31.8 Å². The van der Waals surface area contributed by atoms with Crippen molar-refractivity contribution in [2.75, 3.05) is 5.32 Å². The third-order valence-electron chi connectivity index (χ3n) is 4.26. The molecule has 0 aliphatic carbocycles. The van der Waals surface area contributed by atoms with Crippen molar-refractivity contribution in [1.82, 2.24) is 0 Å². The molecule has 3 aromatic carbocycles. The smallest absolute Gasteiger partial charge is 0.420 e. The summed E-state index contributed by atoms with van der Waals surface area (Å²) < 4.78 is 45.8. The van der Waals surface area contributed by atoms with Crippen LogP contribution in [-0.4, -0.2) is 11.9 Å². The van der Waals surface area contributed by atoms with Gasteiger partial charge in [-0.2, -0.15) is 13.2 Å². The number of halogens is 4. The first-order chi connectivity index (χ1) is 14.7. The van der Waals surface area contributed by atoms with E-state index >= 15 is 0 Å². The van der Waals surface area contributed by atoms with Crippen LogP contribution in [0.25, 0.3) is 0 Å². The van der Waals surface area contributed by atoms with Gasteiger partial charge in [0.05, 0.1) is 16.7 Å². The molecule has 3 N–H and O–H groups in total. The molecule has 5 nitrogen and oxygen atoms in total. The van der Waals surface area contributed by atoms with E-state index < -0.39 is 34.9 Å². The number of carbonyl (C=O) groups excluding carboxylic acids is 2. The lowest BCUT2D eigenvalue weighted by Crippen LogP contribution is -2.20. The van der Waals surface area contributed by atoms with Gasteiger partial charge in [-0.15, -0.1) is 0 Å². The summed E-state index contributed by atoms with van der Waals surface area (Å²) in [6.45, 7) is 0.219. The number of amides is 1. The summed E-state index contributed by atoms with van der Waals surface area (Å²) in [4.78, 5) is 25.2. The minimum Gasteiger partial charge on any atom is -0.421 e. The van der Waals surface area contributed by atoms with Crippen LogP contribution in [0.5, 0.6) is 5.75 Å². The van der Waals surface area contributed by atoms with E-state index in [0.29, 0.717) is 10.7 Å². The van der Waals surface area contributed by atoms with E-state index in [1.807, 2.05) is 0 Å². The molecule has 3 rings (SSSR count). The Bertz CT molecular complexity index is 1120. The molecule has 9 heteroatoms. The Labute approximate surface area is 180 Å². The number of anilines is 1. The number of hydrogen-bond acceptors (Lipinski definition) is 4. The summed E-state index contributed by atoms with van der Waals surface area (Å²) in [6, 6.07) is 14.9. The molecule has 0 aromatic heterocycles. The molecule has 3 aromatic rings. The molecule has 0 radical (unpaired) electrons. The molecular formula is C22H16ClF3N2O3. The second-order valence-electron chi connectivity index (χ2n) is 6.44. The Kier molecular flexibility index (Phi) is 6.62. The van der Waals surface area contributed by atoms with Gasteiger partial charge in [0.1, 0.15) is 0 Å². The van der Waals surface area contributed by atoms with Gasteiger partial charge in [-0.1, -0.05) is 29.8 Å². The lowest BCUT2D eigenvalue weighted by Gasteiger charge is -2.16. The van der Waals surface area contributed by atoms with E-state index in [0.717, 1.165) is 23.8 Å². The largest absolute Gasteiger partial charge is 0.421 e. The monoisotopic (exact) mass is 448 g/mol. The zero-order valence-electron chi connectivity index (χ0n) is 15.9. The number of esters is 1. The average Bonchev–Trinajstić information content (AvgIpc) is 2.73. The van der Waals surface area contributed by atoms with Crippen molar-refractivity contribution in [1.29, 1.82) is 0 Å². The minimum atomic E-state index is -4.86. The zero-order chi connectivity index (χ0) is 22.6. The number of alkyl halides is 3. The molecule has 0 aliphatic heterocycles. The van der Waals surface area contributed by atoms with Crippen molar-refractivity contribution in [2.24, 2.45) is 5.73 Å². The van der Waals surface area contributed by atoms with Crippen LogP contribution >= 0.6 is 11.6 Å². The maximum atomic E-state index is 13.6. The number of carbonyl (C=O) groups is 2. The Morgan fingerprint density at radius 3 is 2.32 bits per heavy atom. The van der Waals surface area contributed by atoms with Crippen molar-refractivity contribution in [3.8, 4) is 5.75 Å². The average molecular weight is 449 g/mol. The lowest BCUT2D eigenvalue weighted by atomic mass is 10.1. The SMILES string of the molecule is NCc1cccc(NC(=O)c2cccc(C(F)(F)F)c2OC(=O)c2ccc(Cl)cc2)c1. The van der Waals surface area contributed by atoms with Crippen molar-refractivity contribution in [3.63, 3.8) is 0 Å². The number of benzene rings is 3. The van der Waals surface area contributed by atoms with Gasteiger partial charge in [0, 0.05) is 17.3 Å². The Morgan fingerprint density at radius 1 is 1.00 bits per heavy atom. The van der Waals surface area contributed by atoms with Crippen LogP contribution in [0, 0.1) is 0 Å². The predicted octanol–water partition coefficient (Wildman–Crippen LogP) is 5.29. The topological polar surface area (TPSA) is 81.4 Å². The summed E-state index contributed by atoms with van der Waals surface area (Å²) in [5.74, 6) is -2.82. The van der Waals surface area contributed by atoms with Gasteiger partial charge in [0.2, 0.25) is 0 Å². The molecule has 0 unspecified atom stereocenters. The van der Waals surface area contributed by atoms with E-state index in [1.54, 1.807) is 24.3 Å². The number of nitrogens with one attached hydrogen (secondary N) is 1. The van der Waals surface area contributed by atoms with Crippen molar-refractivity contribution in [2.45, 2.75) is 12.7 Å². The van der Waals surface area contributed by atoms with E-state index in [2.05, 4.69) is 5.32 Å². The molecular weight excluding hydrogens is 433 g/mol. The fourth-order valence-corrected chi connectivity index (χ4v) is 2.89. The first-order valence-electron chi connectivity index (χ1n) is 8.97. The molecule has 31 heavy (non-hydrogen) atoms. The molecule has 0 bridgehead atoms. The quantitative estimate of drug-likeness (QED) is 0.410. The summed E-state index contributed by atoms with van der Waals surface area (Å²) in [5.41, 5.74) is 4.90. The maximum absolute atomic E-state index is 13.6. The second-order valence-corrected chi connectivity index (χ2v) is 6.87. The molecule has 1 amide bonds. The summed E-state index contributed by atoms with van der Waals surface area (Å²) in [6.07, 6.45) is -4.86. The van der Waals surface area contributed by atoms with Gasteiger partial charge < -0.3 is 15.8 Å². The number of ether oxygens (including phenoxy) is 1. The molecule has 0 fully saturated rings. The van der Waals surface area contributed by atoms with Crippen LogP contribution in [0.3, 0.4) is 0 Å². The van der Waals surface area contributed by atoms with Gasteiger partial charge in [-0.05, 0) is 54.1 Å². The van der Waals surface area contributed by atoms with Crippen LogP contribution in [0.15, 0.2) is 66.7 Å². The minimum absolute atomic E-state index is 0.0246. The predicted molar refractivity (Wildman–Crippen MR) is 110 cm³/mol. The summed E-state index contributed by atoms with van der Waals surface area (Å²) >= 11 is 5.77. The van der Waals surface area contributed by atoms with E-state index in [1.165, 1.54) is 24.3 Å². The highest BCUT2D eigenvalue weighted by atomic mass is 35.5. The molecule has 0 spiro atoms. The lowest BCUT2D eigenvalue weighted by molar-refractivity contribution is -0.138. The highest BCUT2D eigenvalue weighted by Gasteiger charge is 2.37. The van der Waals surface area contributed by atoms with Crippen LogP contribution in [0.2, 0.25) is 5.02 Å². The third kappa shape index (κ3) is 5.42. The van der Waals surface area contributed by atoms with Crippen molar-refractivity contribution < 1.29 is 27.5 Å². The van der Waals surface area contributed by atoms with Gasteiger partial charge in [-0.3, -0.25) is 4.79 Å². The van der Waals surface area contributed by atoms with E-state index in [9.17, 15) is 22.8 Å². The van der Waals surface area contributed by atoms with Crippen molar-refractivity contribution in [3.05, 3.63) is 94.0 Å². The maximum Gasteiger partial charge on any atom is 0.420 e. The fourth-order valence-electron chi connectivity index (χ4n) is 2.76. The Morgan fingerprint density at radius 2 is 1.68 bits per heavy atom. The fraction of sp³-hybridized carbons (Fsp3) is 0.0909. The molecule has 0 saturated carbocycles. The Balaban J connectivity index is 1.98. The molecule has 0 heterocycles. The number of rotatable bonds is 5. The van der Waals surface area contributed by atoms with Gasteiger partial charge >= 0.3 is 12.1 Å². The van der Waals surface area contributed by atoms with E-state index in [4.69, 9.17) is 22.1 Å². The summed E-state index contributed by atoms with van der Waals surface area (Å²) in [7, 11) is 0. The first-order valence-corrected chi connectivity index (χ1v) is 9.35. The second kappa shape index (κ2) is 9.20. The zero-order valence-corrected chi connectivity index (χ0v) is 16.6. The van der Waals surface area contributed by atoms with Crippen molar-refractivity contribution >= 4 is 29.2 Å². The van der Waals surface area contributed by atoms with Crippen LogP contribution in [0.4, 0.5) is 18.9 Å². The van der Waals surface area contributed by atoms with Crippen LogP contribution in [-0.2, 0) is 12.7 Å². The van der Waals surface area contributed by atoms with Crippen LogP contribution < -0.4 is 15.8 Å². The molecule has 0 atom stereocenters. The summed E-state index contributed by atoms with van der Waals surface area (Å²) in [5, 5.41) is 2.84. The third-order valence-corrected chi connectivity index (χ3v) is 4.51. The van der Waals surface area contributed by atoms with Gasteiger partial charge in [0.15, 0.2) is 5.75 Å². The van der Waals surface area contributed by atoms with E-state index in [-0.39, 0.29) is 12.1 Å². The number of nitrogens with two attached hydrogens (primary N) is 1. The molecule has 0 saturated heterocycles. The molecule has 160 valence electrons. The first kappa shape index (κ1) is 22.3. The highest BCUT2D eigenvalue weighted by molar-refractivity contribution is 6.30. The normalized spacial score (nSPS) is 11.1. The highest BCUT2D eigenvalue weighted by Crippen LogP contribution is 2.39.